The molecule has 0 saturated carbocycles. The zero-order valence-corrected chi connectivity index (χ0v) is 16.6. The van der Waals surface area contributed by atoms with Crippen molar-refractivity contribution < 1.29 is 34.7 Å². The Morgan fingerprint density at radius 3 is 2.43 bits per heavy atom. The summed E-state index contributed by atoms with van der Waals surface area (Å²) in [5.74, 6) is -0.328. The van der Waals surface area contributed by atoms with E-state index in [2.05, 4.69) is 14.4 Å². The van der Waals surface area contributed by atoms with Gasteiger partial charge >= 0.3 is 6.18 Å². The summed E-state index contributed by atoms with van der Waals surface area (Å²) in [6.07, 6.45) is -2.47. The van der Waals surface area contributed by atoms with Crippen LogP contribution >= 0.6 is 11.6 Å². The largest absolute Gasteiger partial charge is 0.468 e. The van der Waals surface area contributed by atoms with E-state index in [4.69, 9.17) is 11.6 Å². The standard InChI is InChI=1S/C15H14ClF3N2O5S2/c1-27(22,23)11-2-3-12(16)13(7-11)28(24,25)21-8-10-4-5-20-14(6-10)26-9-15(17,18)19/h2-7,21H,8-9H2,1H3. The minimum absolute atomic E-state index is 0.191. The molecule has 2 rings (SSSR count). The van der Waals surface area contributed by atoms with Gasteiger partial charge in [-0.05, 0) is 29.8 Å². The molecular formula is C15H14ClF3N2O5S2. The molecule has 7 nitrogen and oxygen atoms in total. The highest BCUT2D eigenvalue weighted by atomic mass is 35.5. The van der Waals surface area contributed by atoms with Crippen molar-refractivity contribution in [3.63, 3.8) is 0 Å². The molecule has 0 aliphatic rings. The first-order chi connectivity index (χ1) is 12.8. The van der Waals surface area contributed by atoms with Crippen LogP contribution in [0.2, 0.25) is 5.02 Å². The summed E-state index contributed by atoms with van der Waals surface area (Å²) in [7, 11) is -7.87. The third-order valence-corrected chi connectivity index (χ3v) is 6.26. The summed E-state index contributed by atoms with van der Waals surface area (Å²) in [5.41, 5.74) is 0.270. The molecule has 0 fully saturated rings. The van der Waals surface area contributed by atoms with Gasteiger partial charge in [0.1, 0.15) is 4.90 Å². The van der Waals surface area contributed by atoms with Crippen LogP contribution in [0.25, 0.3) is 0 Å². The third kappa shape index (κ3) is 6.33. The molecule has 0 atom stereocenters. The second-order valence-electron chi connectivity index (χ2n) is 5.60. The Hall–Kier alpha value is -1.89. The normalized spacial score (nSPS) is 12.8. The van der Waals surface area contributed by atoms with Crippen LogP contribution in [0.4, 0.5) is 13.2 Å². The van der Waals surface area contributed by atoms with Crippen molar-refractivity contribution in [3.05, 3.63) is 47.1 Å². The van der Waals surface area contributed by atoms with E-state index in [9.17, 15) is 30.0 Å². The van der Waals surface area contributed by atoms with Crippen LogP contribution in [0, 0.1) is 0 Å². The number of ether oxygens (including phenoxy) is 1. The fourth-order valence-corrected chi connectivity index (χ4v) is 4.23. The summed E-state index contributed by atoms with van der Waals surface area (Å²) < 4.78 is 91.4. The number of nitrogens with one attached hydrogen (secondary N) is 1. The second kappa shape index (κ2) is 8.23. The van der Waals surface area contributed by atoms with E-state index in [-0.39, 0.29) is 27.9 Å². The minimum Gasteiger partial charge on any atom is -0.468 e. The quantitative estimate of drug-likeness (QED) is 0.684. The zero-order chi connectivity index (χ0) is 21.2. The average Bonchev–Trinajstić information content (AvgIpc) is 2.57. The highest BCUT2D eigenvalue weighted by Crippen LogP contribution is 2.25. The summed E-state index contributed by atoms with van der Waals surface area (Å²) in [6.45, 7) is -1.85. The number of sulfonamides is 1. The molecule has 2 aromatic rings. The van der Waals surface area contributed by atoms with E-state index in [1.165, 1.54) is 12.1 Å². The molecule has 28 heavy (non-hydrogen) atoms. The Labute approximate surface area is 164 Å². The summed E-state index contributed by atoms with van der Waals surface area (Å²) in [5, 5.41) is -0.191. The van der Waals surface area contributed by atoms with Gasteiger partial charge in [0, 0.05) is 25.1 Å². The van der Waals surface area contributed by atoms with Crippen molar-refractivity contribution in [2.24, 2.45) is 0 Å². The minimum atomic E-state index is -4.54. The van der Waals surface area contributed by atoms with E-state index in [0.29, 0.717) is 0 Å². The molecule has 0 aliphatic carbocycles. The lowest BCUT2D eigenvalue weighted by atomic mass is 10.3. The van der Waals surface area contributed by atoms with E-state index in [0.717, 1.165) is 30.7 Å². The van der Waals surface area contributed by atoms with Crippen LogP contribution in [0.1, 0.15) is 5.56 Å². The summed E-state index contributed by atoms with van der Waals surface area (Å²) in [4.78, 5) is 2.93. The number of aromatic nitrogens is 1. The van der Waals surface area contributed by atoms with E-state index in [1.807, 2.05) is 0 Å². The average molecular weight is 459 g/mol. The van der Waals surface area contributed by atoms with Gasteiger partial charge in [0.15, 0.2) is 16.4 Å². The first-order valence-corrected chi connectivity index (χ1v) is 11.2. The second-order valence-corrected chi connectivity index (χ2v) is 9.75. The molecule has 1 heterocycles. The van der Waals surface area contributed by atoms with Crippen LogP contribution in [-0.4, -0.2) is 40.9 Å². The Kier molecular flexibility index (Phi) is 6.58. The van der Waals surface area contributed by atoms with E-state index in [1.54, 1.807) is 0 Å². The van der Waals surface area contributed by atoms with Crippen LogP contribution in [0.3, 0.4) is 0 Å². The molecule has 0 amide bonds. The van der Waals surface area contributed by atoms with Crippen molar-refractivity contribution in [1.82, 2.24) is 9.71 Å². The van der Waals surface area contributed by atoms with Crippen molar-refractivity contribution in [1.29, 1.82) is 0 Å². The number of benzene rings is 1. The highest BCUT2D eigenvalue weighted by Gasteiger charge is 2.28. The van der Waals surface area contributed by atoms with Crippen molar-refractivity contribution >= 4 is 31.5 Å². The number of halogens is 4. The number of sulfone groups is 1. The van der Waals surface area contributed by atoms with Crippen molar-refractivity contribution in [2.75, 3.05) is 12.9 Å². The van der Waals surface area contributed by atoms with Gasteiger partial charge in [-0.25, -0.2) is 26.5 Å². The molecule has 1 N–H and O–H groups in total. The molecule has 0 saturated heterocycles. The molecule has 13 heteroatoms. The number of alkyl halides is 3. The molecule has 0 spiro atoms. The first-order valence-electron chi connectivity index (χ1n) is 7.42. The maximum Gasteiger partial charge on any atom is 0.422 e. The maximum absolute atomic E-state index is 12.5. The highest BCUT2D eigenvalue weighted by molar-refractivity contribution is 7.91. The lowest BCUT2D eigenvalue weighted by molar-refractivity contribution is -0.154. The lowest BCUT2D eigenvalue weighted by Crippen LogP contribution is -2.24. The van der Waals surface area contributed by atoms with Crippen LogP contribution < -0.4 is 9.46 Å². The Bertz CT molecular complexity index is 1070. The van der Waals surface area contributed by atoms with Gasteiger partial charge in [-0.15, -0.1) is 0 Å². The monoisotopic (exact) mass is 458 g/mol. The van der Waals surface area contributed by atoms with Crippen LogP contribution in [0.15, 0.2) is 46.3 Å². The van der Waals surface area contributed by atoms with Gasteiger partial charge in [0.05, 0.1) is 9.92 Å². The predicted octanol–water partition coefficient (Wildman–Crippen LogP) is 2.56. The van der Waals surface area contributed by atoms with Gasteiger partial charge in [-0.2, -0.15) is 13.2 Å². The topological polar surface area (TPSA) is 102 Å². The fraction of sp³-hybridized carbons (Fsp3) is 0.267. The summed E-state index contributed by atoms with van der Waals surface area (Å²) in [6, 6.07) is 5.75. The maximum atomic E-state index is 12.5. The number of hydrogen-bond donors (Lipinski definition) is 1. The third-order valence-electron chi connectivity index (χ3n) is 3.27. The van der Waals surface area contributed by atoms with Gasteiger partial charge in [0.2, 0.25) is 15.9 Å². The zero-order valence-electron chi connectivity index (χ0n) is 14.2. The molecule has 1 aromatic heterocycles. The van der Waals surface area contributed by atoms with Crippen molar-refractivity contribution in [3.8, 4) is 5.88 Å². The number of hydrogen-bond acceptors (Lipinski definition) is 6. The van der Waals surface area contributed by atoms with Crippen LogP contribution in [-0.2, 0) is 26.4 Å². The number of pyridine rings is 1. The van der Waals surface area contributed by atoms with Crippen molar-refractivity contribution in [2.45, 2.75) is 22.5 Å². The first kappa shape index (κ1) is 22.4. The Morgan fingerprint density at radius 1 is 1.14 bits per heavy atom. The Morgan fingerprint density at radius 2 is 1.82 bits per heavy atom. The molecule has 0 radical (unpaired) electrons. The molecule has 0 bridgehead atoms. The van der Waals surface area contributed by atoms with E-state index >= 15 is 0 Å². The molecular weight excluding hydrogens is 445 g/mol. The SMILES string of the molecule is CS(=O)(=O)c1ccc(Cl)c(S(=O)(=O)NCc2ccnc(OCC(F)(F)F)c2)c1. The van der Waals surface area contributed by atoms with Gasteiger partial charge in [-0.1, -0.05) is 11.6 Å². The number of nitrogens with zero attached hydrogens (tertiary/aromatic N) is 1. The van der Waals surface area contributed by atoms with Gasteiger partial charge in [0.25, 0.3) is 0 Å². The molecule has 0 unspecified atom stereocenters. The van der Waals surface area contributed by atoms with Crippen LogP contribution in [0.5, 0.6) is 5.88 Å². The van der Waals surface area contributed by atoms with Gasteiger partial charge < -0.3 is 4.74 Å². The number of rotatable bonds is 7. The smallest absolute Gasteiger partial charge is 0.422 e. The molecule has 154 valence electrons. The molecule has 0 aliphatic heterocycles. The summed E-state index contributed by atoms with van der Waals surface area (Å²) >= 11 is 5.87. The fourth-order valence-electron chi connectivity index (χ4n) is 1.97. The Balaban J connectivity index is 2.18. The molecule has 1 aromatic carbocycles. The van der Waals surface area contributed by atoms with Gasteiger partial charge in [-0.3, -0.25) is 0 Å². The predicted molar refractivity (Wildman–Crippen MR) is 94.4 cm³/mol. The lowest BCUT2D eigenvalue weighted by Gasteiger charge is -2.11. The van der Waals surface area contributed by atoms with E-state index < -0.39 is 37.5 Å².